The highest BCUT2D eigenvalue weighted by Gasteiger charge is 2.25. The first-order chi connectivity index (χ1) is 12.6. The Balaban J connectivity index is 1.55. The average molecular weight is 370 g/mol. The molecular formula is C19H19FN4OS. The third-order valence-electron chi connectivity index (χ3n) is 4.77. The second-order valence-electron chi connectivity index (χ2n) is 6.40. The summed E-state index contributed by atoms with van der Waals surface area (Å²) < 4.78 is 13.1. The Bertz CT molecular complexity index is 932. The van der Waals surface area contributed by atoms with Gasteiger partial charge in [0.05, 0.1) is 5.69 Å². The van der Waals surface area contributed by atoms with Gasteiger partial charge in [0.25, 0.3) is 0 Å². The molecule has 1 aliphatic rings. The number of hydrogen-bond donors (Lipinski definition) is 1. The number of benzene rings is 1. The molecular weight excluding hydrogens is 351 g/mol. The lowest BCUT2D eigenvalue weighted by Gasteiger charge is -2.30. The quantitative estimate of drug-likeness (QED) is 0.767. The fraction of sp³-hybridized carbons (Fsp3) is 0.316. The number of carbonyl (C=O) groups excluding carboxylic acids is 1. The standard InChI is InChI=1S/C19H19FN4OS/c1-21-17(25)13-8-10-24(11-9-13)19-23-16-7-6-15(22-18(16)26-19)12-2-4-14(20)5-3-12/h2-7,13H,8-11H2,1H3,(H,21,25). The molecule has 1 N–H and O–H groups in total. The summed E-state index contributed by atoms with van der Waals surface area (Å²) in [5.41, 5.74) is 2.56. The van der Waals surface area contributed by atoms with Crippen LogP contribution in [0.5, 0.6) is 0 Å². The summed E-state index contributed by atoms with van der Waals surface area (Å²) in [7, 11) is 1.69. The predicted octanol–water partition coefficient (Wildman–Crippen LogP) is 3.46. The number of aromatic nitrogens is 2. The molecule has 2 aromatic heterocycles. The minimum Gasteiger partial charge on any atom is -0.359 e. The van der Waals surface area contributed by atoms with Gasteiger partial charge in [-0.15, -0.1) is 0 Å². The van der Waals surface area contributed by atoms with Gasteiger partial charge < -0.3 is 10.2 Å². The molecule has 5 nitrogen and oxygen atoms in total. The van der Waals surface area contributed by atoms with Crippen molar-refractivity contribution in [2.24, 2.45) is 5.92 Å². The SMILES string of the molecule is CNC(=O)C1CCN(c2nc3ccc(-c4ccc(F)cc4)nc3s2)CC1. The van der Waals surface area contributed by atoms with E-state index >= 15 is 0 Å². The molecule has 134 valence electrons. The Kier molecular flexibility index (Phi) is 4.55. The number of nitrogens with one attached hydrogen (secondary N) is 1. The number of rotatable bonds is 3. The van der Waals surface area contributed by atoms with Crippen molar-refractivity contribution in [1.29, 1.82) is 0 Å². The maximum atomic E-state index is 13.1. The molecule has 7 heteroatoms. The smallest absolute Gasteiger partial charge is 0.222 e. The molecule has 0 aliphatic carbocycles. The minimum absolute atomic E-state index is 0.0915. The maximum Gasteiger partial charge on any atom is 0.222 e. The van der Waals surface area contributed by atoms with E-state index in [1.165, 1.54) is 12.1 Å². The first kappa shape index (κ1) is 16.9. The fourth-order valence-electron chi connectivity index (χ4n) is 3.26. The minimum atomic E-state index is -0.255. The Morgan fingerprint density at radius 2 is 1.88 bits per heavy atom. The molecule has 3 heterocycles. The van der Waals surface area contributed by atoms with Crippen molar-refractivity contribution >= 4 is 32.7 Å². The number of fused-ring (bicyclic) bond motifs is 1. The second kappa shape index (κ2) is 6.99. The van der Waals surface area contributed by atoms with Crippen LogP contribution in [0.25, 0.3) is 21.6 Å². The van der Waals surface area contributed by atoms with Crippen LogP contribution in [0, 0.1) is 11.7 Å². The summed E-state index contributed by atoms with van der Waals surface area (Å²) >= 11 is 1.56. The van der Waals surface area contributed by atoms with E-state index < -0.39 is 0 Å². The number of piperidine rings is 1. The number of amides is 1. The van der Waals surface area contributed by atoms with Gasteiger partial charge in [-0.2, -0.15) is 0 Å². The molecule has 0 unspecified atom stereocenters. The van der Waals surface area contributed by atoms with E-state index in [0.29, 0.717) is 0 Å². The van der Waals surface area contributed by atoms with Crippen molar-refractivity contribution in [3.05, 3.63) is 42.2 Å². The van der Waals surface area contributed by atoms with E-state index in [4.69, 9.17) is 4.98 Å². The van der Waals surface area contributed by atoms with Gasteiger partial charge in [-0.3, -0.25) is 4.79 Å². The van der Waals surface area contributed by atoms with Crippen molar-refractivity contribution in [3.63, 3.8) is 0 Å². The number of anilines is 1. The van der Waals surface area contributed by atoms with Crippen molar-refractivity contribution in [1.82, 2.24) is 15.3 Å². The van der Waals surface area contributed by atoms with Crippen LogP contribution in [-0.2, 0) is 4.79 Å². The lowest BCUT2D eigenvalue weighted by molar-refractivity contribution is -0.125. The first-order valence-corrected chi connectivity index (χ1v) is 9.46. The Morgan fingerprint density at radius 1 is 1.15 bits per heavy atom. The summed E-state index contributed by atoms with van der Waals surface area (Å²) in [4.78, 5) is 24.3. The van der Waals surface area contributed by atoms with E-state index in [2.05, 4.69) is 15.2 Å². The third kappa shape index (κ3) is 3.26. The number of carbonyl (C=O) groups is 1. The lowest BCUT2D eigenvalue weighted by Crippen LogP contribution is -2.39. The van der Waals surface area contributed by atoms with Gasteiger partial charge in [0.15, 0.2) is 5.13 Å². The van der Waals surface area contributed by atoms with Crippen LogP contribution in [0.3, 0.4) is 0 Å². The normalized spacial score (nSPS) is 15.4. The van der Waals surface area contributed by atoms with E-state index in [0.717, 1.165) is 52.7 Å². The van der Waals surface area contributed by atoms with Gasteiger partial charge in [0, 0.05) is 31.6 Å². The largest absolute Gasteiger partial charge is 0.359 e. The Labute approximate surface area is 154 Å². The van der Waals surface area contributed by atoms with Gasteiger partial charge >= 0.3 is 0 Å². The molecule has 0 atom stereocenters. The molecule has 0 bridgehead atoms. The monoisotopic (exact) mass is 370 g/mol. The number of hydrogen-bond acceptors (Lipinski definition) is 5. The van der Waals surface area contributed by atoms with Crippen LogP contribution in [0.15, 0.2) is 36.4 Å². The van der Waals surface area contributed by atoms with Crippen molar-refractivity contribution < 1.29 is 9.18 Å². The van der Waals surface area contributed by atoms with Gasteiger partial charge in [0.1, 0.15) is 16.2 Å². The third-order valence-corrected chi connectivity index (χ3v) is 5.79. The summed E-state index contributed by atoms with van der Waals surface area (Å²) in [6, 6.07) is 10.2. The average Bonchev–Trinajstić information content (AvgIpc) is 3.11. The van der Waals surface area contributed by atoms with E-state index in [1.54, 1.807) is 30.5 Å². The Morgan fingerprint density at radius 3 is 2.58 bits per heavy atom. The Hall–Kier alpha value is -2.54. The van der Waals surface area contributed by atoms with Crippen LogP contribution in [-0.4, -0.2) is 36.0 Å². The molecule has 0 saturated carbocycles. The summed E-state index contributed by atoms with van der Waals surface area (Å²) in [5.74, 6) is -0.0385. The number of nitrogens with zero attached hydrogens (tertiary/aromatic N) is 3. The summed E-state index contributed by atoms with van der Waals surface area (Å²) in [6.45, 7) is 1.64. The highest BCUT2D eigenvalue weighted by atomic mass is 32.1. The predicted molar refractivity (Wildman–Crippen MR) is 102 cm³/mol. The van der Waals surface area contributed by atoms with Crippen LogP contribution in [0.2, 0.25) is 0 Å². The van der Waals surface area contributed by atoms with Gasteiger partial charge in [0.2, 0.25) is 5.91 Å². The first-order valence-electron chi connectivity index (χ1n) is 8.64. The summed E-state index contributed by atoms with van der Waals surface area (Å²) in [5, 5.41) is 3.68. The highest BCUT2D eigenvalue weighted by molar-refractivity contribution is 7.21. The molecule has 3 aromatic rings. The van der Waals surface area contributed by atoms with Gasteiger partial charge in [-0.25, -0.2) is 14.4 Å². The number of thiazole rings is 1. The molecule has 0 radical (unpaired) electrons. The molecule has 4 rings (SSSR count). The van der Waals surface area contributed by atoms with Crippen molar-refractivity contribution in [2.75, 3.05) is 25.0 Å². The van der Waals surface area contributed by atoms with Crippen LogP contribution in [0.1, 0.15) is 12.8 Å². The lowest BCUT2D eigenvalue weighted by atomic mass is 9.96. The van der Waals surface area contributed by atoms with Crippen molar-refractivity contribution in [3.8, 4) is 11.3 Å². The van der Waals surface area contributed by atoms with E-state index in [-0.39, 0.29) is 17.6 Å². The molecule has 1 saturated heterocycles. The number of pyridine rings is 1. The van der Waals surface area contributed by atoms with E-state index in [9.17, 15) is 9.18 Å². The zero-order valence-electron chi connectivity index (χ0n) is 14.4. The van der Waals surface area contributed by atoms with Crippen molar-refractivity contribution in [2.45, 2.75) is 12.8 Å². The van der Waals surface area contributed by atoms with Gasteiger partial charge in [-0.1, -0.05) is 11.3 Å². The molecule has 26 heavy (non-hydrogen) atoms. The molecule has 1 aliphatic heterocycles. The zero-order chi connectivity index (χ0) is 18.1. The number of halogens is 1. The molecule has 0 spiro atoms. The highest BCUT2D eigenvalue weighted by Crippen LogP contribution is 2.32. The van der Waals surface area contributed by atoms with Crippen LogP contribution in [0.4, 0.5) is 9.52 Å². The summed E-state index contributed by atoms with van der Waals surface area (Å²) in [6.07, 6.45) is 1.67. The van der Waals surface area contributed by atoms with E-state index in [1.807, 2.05) is 12.1 Å². The topological polar surface area (TPSA) is 58.1 Å². The zero-order valence-corrected chi connectivity index (χ0v) is 15.2. The molecule has 1 aromatic carbocycles. The van der Waals surface area contributed by atoms with Crippen LogP contribution < -0.4 is 10.2 Å². The fourth-order valence-corrected chi connectivity index (χ4v) is 4.25. The van der Waals surface area contributed by atoms with Crippen LogP contribution >= 0.6 is 11.3 Å². The molecule has 1 fully saturated rings. The van der Waals surface area contributed by atoms with Gasteiger partial charge in [-0.05, 0) is 49.2 Å². The second-order valence-corrected chi connectivity index (χ2v) is 7.36. The maximum absolute atomic E-state index is 13.1. The molecule has 1 amide bonds.